The number of aryl methyl sites for hydroxylation is 1. The number of anilines is 3. The number of hydrogen-bond acceptors (Lipinski definition) is 6. The highest BCUT2D eigenvalue weighted by Gasteiger charge is 2.14. The lowest BCUT2D eigenvalue weighted by Gasteiger charge is -2.14. The molecule has 0 spiro atoms. The van der Waals surface area contributed by atoms with Gasteiger partial charge in [-0.25, -0.2) is 0 Å². The van der Waals surface area contributed by atoms with Crippen molar-refractivity contribution in [3.05, 3.63) is 52.0 Å². The van der Waals surface area contributed by atoms with Crippen molar-refractivity contribution in [2.75, 3.05) is 10.6 Å². The Morgan fingerprint density at radius 3 is 2.75 bits per heavy atom. The van der Waals surface area contributed by atoms with Gasteiger partial charge in [0.1, 0.15) is 5.01 Å². The number of rotatable bonds is 4. The molecule has 0 amide bonds. The number of para-hydroxylation sites is 1. The average molecular weight is 376 g/mol. The molecule has 0 radical (unpaired) electrons. The lowest BCUT2D eigenvalue weighted by Crippen LogP contribution is -1.96. The van der Waals surface area contributed by atoms with Gasteiger partial charge in [-0.1, -0.05) is 41.4 Å². The van der Waals surface area contributed by atoms with E-state index in [2.05, 4.69) is 20.0 Å². The molecule has 3 aromatic rings. The highest BCUT2D eigenvalue weighted by atomic mass is 35.5. The number of nitriles is 1. The molecule has 0 saturated carbocycles. The van der Waals surface area contributed by atoms with Crippen LogP contribution in [0.1, 0.15) is 5.56 Å². The van der Waals surface area contributed by atoms with Gasteiger partial charge in [-0.05, 0) is 42.2 Å². The van der Waals surface area contributed by atoms with Gasteiger partial charge in [0.2, 0.25) is 5.95 Å². The summed E-state index contributed by atoms with van der Waals surface area (Å²) in [6.45, 7) is 1.92. The smallest absolute Gasteiger partial charge is 0.248 e. The van der Waals surface area contributed by atoms with E-state index in [0.29, 0.717) is 20.7 Å². The van der Waals surface area contributed by atoms with Crippen molar-refractivity contribution < 1.29 is 0 Å². The summed E-state index contributed by atoms with van der Waals surface area (Å²) in [5.41, 5.74) is 3.21. The molecule has 0 aliphatic rings. The van der Waals surface area contributed by atoms with Gasteiger partial charge in [-0.3, -0.25) is 5.32 Å². The van der Waals surface area contributed by atoms with Gasteiger partial charge in [-0.15, -0.1) is 0 Å². The molecule has 2 aromatic carbocycles. The molecule has 120 valence electrons. The zero-order chi connectivity index (χ0) is 17.1. The van der Waals surface area contributed by atoms with Crippen LogP contribution in [0.3, 0.4) is 0 Å². The highest BCUT2D eigenvalue weighted by molar-refractivity contribution is 7.09. The summed E-state index contributed by atoms with van der Waals surface area (Å²) >= 11 is 13.8. The first-order chi connectivity index (χ1) is 11.6. The number of benzene rings is 2. The third-order valence-electron chi connectivity index (χ3n) is 3.30. The van der Waals surface area contributed by atoms with E-state index in [-0.39, 0.29) is 5.95 Å². The second kappa shape index (κ2) is 7.05. The first-order valence-corrected chi connectivity index (χ1v) is 8.43. The molecule has 0 unspecified atom stereocenters. The molecule has 1 heterocycles. The zero-order valence-electron chi connectivity index (χ0n) is 12.5. The minimum absolute atomic E-state index is 0.277. The van der Waals surface area contributed by atoms with Crippen LogP contribution in [0.4, 0.5) is 17.3 Å². The molecule has 0 aliphatic carbocycles. The number of nitrogens with one attached hydrogen (secondary N) is 2. The van der Waals surface area contributed by atoms with Gasteiger partial charge in [0.25, 0.3) is 0 Å². The van der Waals surface area contributed by atoms with Crippen molar-refractivity contribution in [3.63, 3.8) is 0 Å². The van der Waals surface area contributed by atoms with Crippen LogP contribution < -0.4 is 10.6 Å². The number of halogens is 2. The molecular formula is C16H11Cl2N5S. The Kier molecular flexibility index (Phi) is 4.86. The normalized spacial score (nSPS) is 10.2. The molecule has 3 rings (SSSR count). The van der Waals surface area contributed by atoms with Crippen LogP contribution in [0.2, 0.25) is 10.0 Å². The number of nitrogens with zero attached hydrogens (tertiary/aromatic N) is 3. The standard InChI is InChI=1S/C16H11Cl2N5S/c1-9-6-7-11(17)14(13(9)18)21-12-5-3-2-4-10(12)15-22-16(20-8-19)23-24-15/h2-7,21H,1H3,(H,20,23). The predicted octanol–water partition coefficient (Wildman–Crippen LogP) is 5.46. The van der Waals surface area contributed by atoms with E-state index < -0.39 is 0 Å². The topological polar surface area (TPSA) is 73.6 Å². The first-order valence-electron chi connectivity index (χ1n) is 6.90. The molecule has 5 nitrogen and oxygen atoms in total. The third kappa shape index (κ3) is 3.29. The van der Waals surface area contributed by atoms with Crippen molar-refractivity contribution in [2.45, 2.75) is 6.92 Å². The van der Waals surface area contributed by atoms with Crippen LogP contribution in [-0.4, -0.2) is 9.36 Å². The lowest BCUT2D eigenvalue weighted by molar-refractivity contribution is 1.30. The van der Waals surface area contributed by atoms with Crippen molar-refractivity contribution in [3.8, 4) is 16.8 Å². The molecule has 0 aliphatic heterocycles. The van der Waals surface area contributed by atoms with Crippen molar-refractivity contribution in [2.24, 2.45) is 0 Å². The largest absolute Gasteiger partial charge is 0.353 e. The Morgan fingerprint density at radius 1 is 1.17 bits per heavy atom. The Bertz CT molecular complexity index is 932. The van der Waals surface area contributed by atoms with Gasteiger partial charge in [0.05, 0.1) is 15.7 Å². The van der Waals surface area contributed by atoms with Crippen molar-refractivity contribution in [1.29, 1.82) is 5.26 Å². The van der Waals surface area contributed by atoms with E-state index >= 15 is 0 Å². The maximum atomic E-state index is 8.66. The van der Waals surface area contributed by atoms with Gasteiger partial charge in [0.15, 0.2) is 6.19 Å². The van der Waals surface area contributed by atoms with E-state index in [1.165, 1.54) is 11.5 Å². The average Bonchev–Trinajstić information content (AvgIpc) is 3.04. The van der Waals surface area contributed by atoms with Crippen LogP contribution in [0.15, 0.2) is 36.4 Å². The second-order valence-corrected chi connectivity index (χ2v) is 6.42. The molecular weight excluding hydrogens is 365 g/mol. The molecule has 24 heavy (non-hydrogen) atoms. The van der Waals surface area contributed by atoms with E-state index in [1.54, 1.807) is 12.3 Å². The summed E-state index contributed by atoms with van der Waals surface area (Å²) in [5, 5.41) is 16.1. The highest BCUT2D eigenvalue weighted by Crippen LogP contribution is 2.38. The molecule has 0 bridgehead atoms. The minimum atomic E-state index is 0.277. The molecule has 0 atom stereocenters. The predicted molar refractivity (Wildman–Crippen MR) is 99.1 cm³/mol. The van der Waals surface area contributed by atoms with E-state index in [0.717, 1.165) is 16.8 Å². The van der Waals surface area contributed by atoms with Crippen molar-refractivity contribution >= 4 is 52.1 Å². The molecule has 0 saturated heterocycles. The van der Waals surface area contributed by atoms with E-state index in [1.807, 2.05) is 37.3 Å². The third-order valence-corrected chi connectivity index (χ3v) is 4.85. The maximum absolute atomic E-state index is 8.66. The van der Waals surface area contributed by atoms with E-state index in [4.69, 9.17) is 28.5 Å². The fourth-order valence-electron chi connectivity index (χ4n) is 2.12. The van der Waals surface area contributed by atoms with Gasteiger partial charge < -0.3 is 5.32 Å². The van der Waals surface area contributed by atoms with Crippen LogP contribution in [0.5, 0.6) is 0 Å². The summed E-state index contributed by atoms with van der Waals surface area (Å²) in [7, 11) is 0. The summed E-state index contributed by atoms with van der Waals surface area (Å²) in [5.74, 6) is 0.277. The Balaban J connectivity index is 2.01. The van der Waals surface area contributed by atoms with Gasteiger partial charge in [-0.2, -0.15) is 14.6 Å². The number of hydrogen-bond donors (Lipinski definition) is 2. The summed E-state index contributed by atoms with van der Waals surface area (Å²) < 4.78 is 4.10. The maximum Gasteiger partial charge on any atom is 0.248 e. The van der Waals surface area contributed by atoms with Crippen LogP contribution in [0.25, 0.3) is 10.6 Å². The van der Waals surface area contributed by atoms with Gasteiger partial charge in [0, 0.05) is 11.3 Å². The summed E-state index contributed by atoms with van der Waals surface area (Å²) in [6, 6.07) is 11.3. The Morgan fingerprint density at radius 2 is 1.96 bits per heavy atom. The quantitative estimate of drug-likeness (QED) is 0.467. The fraction of sp³-hybridized carbons (Fsp3) is 0.0625. The lowest BCUT2D eigenvalue weighted by atomic mass is 10.1. The minimum Gasteiger partial charge on any atom is -0.353 e. The second-order valence-electron chi connectivity index (χ2n) is 4.88. The van der Waals surface area contributed by atoms with Crippen LogP contribution in [0, 0.1) is 18.4 Å². The Labute approximate surface area is 153 Å². The summed E-state index contributed by atoms with van der Waals surface area (Å²) in [4.78, 5) is 4.30. The Hall–Kier alpha value is -2.33. The molecule has 0 fully saturated rings. The first kappa shape index (κ1) is 16.5. The molecule has 1 aromatic heterocycles. The van der Waals surface area contributed by atoms with Gasteiger partial charge >= 0.3 is 0 Å². The van der Waals surface area contributed by atoms with Crippen LogP contribution >= 0.6 is 34.7 Å². The van der Waals surface area contributed by atoms with Crippen molar-refractivity contribution in [1.82, 2.24) is 9.36 Å². The number of aromatic nitrogens is 2. The fourth-order valence-corrected chi connectivity index (χ4v) is 3.25. The van der Waals surface area contributed by atoms with Crippen LogP contribution in [-0.2, 0) is 0 Å². The monoisotopic (exact) mass is 375 g/mol. The van der Waals surface area contributed by atoms with E-state index in [9.17, 15) is 0 Å². The zero-order valence-corrected chi connectivity index (χ0v) is 14.8. The SMILES string of the molecule is Cc1ccc(Cl)c(Nc2ccccc2-c2nc(NC#N)ns2)c1Cl. The molecule has 8 heteroatoms. The molecule has 2 N–H and O–H groups in total. The summed E-state index contributed by atoms with van der Waals surface area (Å²) in [6.07, 6.45) is 1.81.